The molecule has 7 nitrogen and oxygen atoms in total. The van der Waals surface area contributed by atoms with Crippen LogP contribution in [0.5, 0.6) is 0 Å². The van der Waals surface area contributed by atoms with Gasteiger partial charge < -0.3 is 4.90 Å². The molecule has 0 fully saturated rings. The predicted octanol–water partition coefficient (Wildman–Crippen LogP) is 9.65. The van der Waals surface area contributed by atoms with Gasteiger partial charge in [0.05, 0.1) is 0 Å². The summed E-state index contributed by atoms with van der Waals surface area (Å²) in [5.74, 6) is -2.36. The molecule has 0 saturated carbocycles. The number of aryl methyl sites for hydroxylation is 2. The Morgan fingerprint density at radius 3 is 1.90 bits per heavy atom. The molecule has 0 radical (unpaired) electrons. The van der Waals surface area contributed by atoms with Gasteiger partial charge in [-0.2, -0.15) is 15.2 Å². The van der Waals surface area contributed by atoms with Gasteiger partial charge in [-0.15, -0.1) is 11.3 Å². The summed E-state index contributed by atoms with van der Waals surface area (Å²) < 4.78 is 55.9. The van der Waals surface area contributed by atoms with Crippen molar-refractivity contribution in [2.24, 2.45) is 10.2 Å². The number of fused-ring (bicyclic) bond motifs is 4. The molecule has 1 aromatic heterocycles. The van der Waals surface area contributed by atoms with Crippen LogP contribution in [0.1, 0.15) is 72.7 Å². The fourth-order valence-electron chi connectivity index (χ4n) is 6.97. The Morgan fingerprint density at radius 2 is 1.31 bits per heavy atom. The number of carbonyl (C=O) groups excluding carboxylic acids is 2. The Morgan fingerprint density at radius 1 is 0.750 bits per heavy atom. The van der Waals surface area contributed by atoms with Crippen LogP contribution in [0.4, 0.5) is 22.4 Å². The van der Waals surface area contributed by atoms with Crippen LogP contribution >= 0.6 is 34.9 Å². The van der Waals surface area contributed by atoms with Crippen LogP contribution in [0.15, 0.2) is 82.3 Å². The smallest absolute Gasteiger partial charge is 0.329 e. The highest BCUT2D eigenvalue weighted by molar-refractivity contribution is 8.15. The molecular weight excluding hydrogens is 731 g/mol. The van der Waals surface area contributed by atoms with Gasteiger partial charge in [-0.3, -0.25) is 4.79 Å². The van der Waals surface area contributed by atoms with Crippen molar-refractivity contribution in [2.45, 2.75) is 62.6 Å². The number of amides is 3. The summed E-state index contributed by atoms with van der Waals surface area (Å²) in [6.45, 7) is 1.45. The number of halogens is 4. The van der Waals surface area contributed by atoms with Gasteiger partial charge in [-0.25, -0.2) is 27.4 Å². The Labute approximate surface area is 312 Å². The minimum atomic E-state index is -0.705. The number of hydrogen-bond donors (Lipinski definition) is 0. The lowest BCUT2D eigenvalue weighted by atomic mass is 9.86. The van der Waals surface area contributed by atoms with Crippen molar-refractivity contribution >= 4 is 56.9 Å². The average Bonchev–Trinajstić information content (AvgIpc) is 3.85. The monoisotopic (exact) mass is 767 g/mol. The second-order valence-electron chi connectivity index (χ2n) is 12.8. The van der Waals surface area contributed by atoms with Crippen molar-refractivity contribution < 1.29 is 27.2 Å². The minimum absolute atomic E-state index is 0. The molecule has 3 aromatic carbocycles. The summed E-state index contributed by atoms with van der Waals surface area (Å²) in [5.41, 5.74) is 3.42. The highest BCUT2D eigenvalue weighted by Crippen LogP contribution is 2.56. The summed E-state index contributed by atoms with van der Waals surface area (Å²) in [7, 11) is 3.32. The van der Waals surface area contributed by atoms with E-state index in [1.807, 2.05) is 29.6 Å². The van der Waals surface area contributed by atoms with Crippen LogP contribution in [0.3, 0.4) is 0 Å². The van der Waals surface area contributed by atoms with Crippen LogP contribution in [-0.2, 0) is 27.4 Å². The summed E-state index contributed by atoms with van der Waals surface area (Å²) in [6, 6.07) is 16.3. The molecular formula is C38H37F4N5O2S3. The molecule has 272 valence electrons. The van der Waals surface area contributed by atoms with Gasteiger partial charge in [0.2, 0.25) is 5.91 Å². The van der Waals surface area contributed by atoms with E-state index in [2.05, 4.69) is 16.3 Å². The lowest BCUT2D eigenvalue weighted by Gasteiger charge is -2.39. The standard InChI is InChI=1S/C19H16F2N2OS.C18H17F2N3OS2.CH4/c1-12(24)23-19(10-4-6-13-5-2-3-7-16(13)19)25-18(22-23)15-11-14(20)8-9-17(15)21;1-22(2)17(24)23-18(8-3-4-15-13(18)7-9-25-15)26-16(21-23)12-10-11(19)5-6-14(12)20;/h2-3,5,7-9,11H,4,6,10H2,1H3;5-7,9-10H,3-4,8H2,1-2H3;1H4/t19-;;/m1../s1. The Balaban J connectivity index is 0.000000175. The summed E-state index contributed by atoms with van der Waals surface area (Å²) >= 11 is 4.34. The molecule has 4 aromatic rings. The van der Waals surface area contributed by atoms with Gasteiger partial charge >= 0.3 is 6.03 Å². The molecule has 2 spiro atoms. The van der Waals surface area contributed by atoms with E-state index in [0.717, 1.165) is 79.6 Å². The van der Waals surface area contributed by atoms with Crippen molar-refractivity contribution in [3.8, 4) is 0 Å². The number of carbonyl (C=O) groups is 2. The maximum atomic E-state index is 14.3. The molecule has 3 heterocycles. The van der Waals surface area contributed by atoms with Crippen molar-refractivity contribution in [3.05, 3.63) is 128 Å². The van der Waals surface area contributed by atoms with E-state index in [0.29, 0.717) is 16.5 Å². The molecule has 0 bridgehead atoms. The molecule has 0 saturated heterocycles. The van der Waals surface area contributed by atoms with E-state index in [-0.39, 0.29) is 30.5 Å². The van der Waals surface area contributed by atoms with Crippen molar-refractivity contribution in [2.75, 3.05) is 14.1 Å². The predicted molar refractivity (Wildman–Crippen MR) is 201 cm³/mol. The van der Waals surface area contributed by atoms with E-state index in [9.17, 15) is 27.2 Å². The molecule has 0 N–H and O–H groups in total. The van der Waals surface area contributed by atoms with Crippen LogP contribution in [0.2, 0.25) is 0 Å². The van der Waals surface area contributed by atoms with Crippen LogP contribution in [-0.4, -0.2) is 51.0 Å². The third kappa shape index (κ3) is 6.53. The van der Waals surface area contributed by atoms with Crippen LogP contribution in [0.25, 0.3) is 0 Å². The van der Waals surface area contributed by atoms with Gasteiger partial charge in [0.1, 0.15) is 43.1 Å². The number of nitrogens with zero attached hydrogens (tertiary/aromatic N) is 5. The van der Waals surface area contributed by atoms with Gasteiger partial charge in [0.15, 0.2) is 0 Å². The largest absolute Gasteiger partial charge is 0.341 e. The van der Waals surface area contributed by atoms with E-state index in [1.54, 1.807) is 25.4 Å². The first-order chi connectivity index (χ1) is 24.4. The zero-order valence-corrected chi connectivity index (χ0v) is 30.4. The first-order valence-electron chi connectivity index (χ1n) is 16.4. The van der Waals surface area contributed by atoms with Gasteiger partial charge in [0, 0.05) is 42.6 Å². The van der Waals surface area contributed by atoms with Crippen molar-refractivity contribution in [1.29, 1.82) is 0 Å². The maximum Gasteiger partial charge on any atom is 0.341 e. The SMILES string of the molecule is C.CC(=O)N1N=C(c2cc(F)ccc2F)S[C@@]12CCCc1ccccc12.CN(C)C(=O)N1N=C(c2cc(F)ccc2F)SC12CCCc1sccc12. The van der Waals surface area contributed by atoms with E-state index >= 15 is 0 Å². The van der Waals surface area contributed by atoms with Crippen LogP contribution < -0.4 is 0 Å². The number of rotatable bonds is 2. The molecule has 8 rings (SSSR count). The molecule has 2 atom stereocenters. The summed E-state index contributed by atoms with van der Waals surface area (Å²) in [4.78, 5) is 26.4. The number of thiophene rings is 1. The maximum absolute atomic E-state index is 14.3. The number of thioether (sulfide) groups is 2. The molecule has 2 aliphatic carbocycles. The highest BCUT2D eigenvalue weighted by atomic mass is 32.2. The normalized spacial score (nSPS) is 21.4. The molecule has 4 aliphatic rings. The fourth-order valence-corrected chi connectivity index (χ4v) is 11.0. The number of hydrogen-bond acceptors (Lipinski definition) is 7. The van der Waals surface area contributed by atoms with Gasteiger partial charge in [0.25, 0.3) is 0 Å². The minimum Gasteiger partial charge on any atom is -0.329 e. The van der Waals surface area contributed by atoms with Gasteiger partial charge in [-0.05, 0) is 97.5 Å². The zero-order valence-electron chi connectivity index (χ0n) is 28.0. The molecule has 1 unspecified atom stereocenters. The third-order valence-corrected chi connectivity index (χ3v) is 13.1. The molecule has 3 amide bonds. The summed E-state index contributed by atoms with van der Waals surface area (Å²) in [5, 5.41) is 14.4. The molecule has 52 heavy (non-hydrogen) atoms. The van der Waals surface area contributed by atoms with Crippen molar-refractivity contribution in [3.63, 3.8) is 0 Å². The molecule has 2 aliphatic heterocycles. The molecule has 14 heteroatoms. The highest BCUT2D eigenvalue weighted by Gasteiger charge is 2.52. The fraction of sp³-hybridized carbons (Fsp3) is 0.316. The third-order valence-electron chi connectivity index (χ3n) is 9.26. The first-order valence-corrected chi connectivity index (χ1v) is 18.9. The second kappa shape index (κ2) is 14.7. The average molecular weight is 768 g/mol. The quantitative estimate of drug-likeness (QED) is 0.191. The summed E-state index contributed by atoms with van der Waals surface area (Å²) in [6.07, 6.45) is 5.15. The second-order valence-corrected chi connectivity index (χ2v) is 16.3. The van der Waals surface area contributed by atoms with E-state index < -0.39 is 33.0 Å². The topological polar surface area (TPSA) is 68.6 Å². The zero-order chi connectivity index (χ0) is 36.1. The number of hydrazone groups is 2. The lowest BCUT2D eigenvalue weighted by Crippen LogP contribution is -2.47. The van der Waals surface area contributed by atoms with Crippen molar-refractivity contribution in [1.82, 2.24) is 14.9 Å². The van der Waals surface area contributed by atoms with Gasteiger partial charge in [-0.1, -0.05) is 55.2 Å². The van der Waals surface area contributed by atoms with E-state index in [4.69, 9.17) is 0 Å². The Bertz CT molecular complexity index is 2110. The Hall–Kier alpha value is -4.14. The van der Waals surface area contributed by atoms with Crippen LogP contribution in [0, 0.1) is 23.3 Å². The number of benzene rings is 3. The first kappa shape index (κ1) is 37.6. The number of urea groups is 1. The Kier molecular flexibility index (Phi) is 10.6. The lowest BCUT2D eigenvalue weighted by molar-refractivity contribution is -0.132. The van der Waals surface area contributed by atoms with E-state index in [1.165, 1.54) is 55.8 Å².